The molecule has 0 fully saturated rings. The molecule has 0 spiro atoms. The fourth-order valence-corrected chi connectivity index (χ4v) is 2.98. The molecule has 0 atom stereocenters. The molecule has 2 aromatic rings. The molecule has 0 aliphatic rings. The second kappa shape index (κ2) is 6.55. The number of hydrogen-bond donors (Lipinski definition) is 0. The van der Waals surface area contributed by atoms with Crippen molar-refractivity contribution in [3.63, 3.8) is 0 Å². The first-order valence-electron chi connectivity index (χ1n) is 6.23. The van der Waals surface area contributed by atoms with E-state index >= 15 is 0 Å². The summed E-state index contributed by atoms with van der Waals surface area (Å²) in [5.74, 6) is -0.140. The van der Waals surface area contributed by atoms with E-state index in [0.29, 0.717) is 12.0 Å². The molecule has 106 valence electrons. The predicted molar refractivity (Wildman–Crippen MR) is 79.6 cm³/mol. The number of rotatable bonds is 5. The summed E-state index contributed by atoms with van der Waals surface area (Å²) in [4.78, 5) is 0. The lowest BCUT2D eigenvalue weighted by atomic mass is 9.78. The van der Waals surface area contributed by atoms with Crippen molar-refractivity contribution in [3.05, 3.63) is 71.3 Å². The molecule has 0 aromatic heterocycles. The van der Waals surface area contributed by atoms with Crippen LogP contribution in [0.3, 0.4) is 0 Å². The van der Waals surface area contributed by atoms with Crippen molar-refractivity contribution in [2.45, 2.75) is 11.8 Å². The summed E-state index contributed by atoms with van der Waals surface area (Å²) in [6.07, 6.45) is 0.373. The van der Waals surface area contributed by atoms with E-state index in [1.807, 2.05) is 0 Å². The summed E-state index contributed by atoms with van der Waals surface area (Å²) < 4.78 is 26.9. The average molecular weight is 315 g/mol. The van der Waals surface area contributed by atoms with Crippen LogP contribution in [0.5, 0.6) is 0 Å². The monoisotopic (exact) mass is 314 g/mol. The molecule has 0 saturated heterocycles. The van der Waals surface area contributed by atoms with Crippen LogP contribution in [0.25, 0.3) is 0 Å². The first-order valence-corrected chi connectivity index (χ1v) is 7.29. The van der Waals surface area contributed by atoms with E-state index in [1.165, 1.54) is 18.2 Å². The van der Waals surface area contributed by atoms with Crippen molar-refractivity contribution in [1.82, 2.24) is 0 Å². The lowest BCUT2D eigenvalue weighted by molar-refractivity contribution is 0.510. The SMILES string of the molecule is Fc1ccc(C(CCl)(CCl)Cc2ccccc2F)cc1. The fraction of sp³-hybridized carbons (Fsp3) is 0.250. The first kappa shape index (κ1) is 15.3. The number of halogens is 4. The maximum atomic E-state index is 13.8. The Morgan fingerprint density at radius 1 is 0.850 bits per heavy atom. The Morgan fingerprint density at radius 2 is 1.45 bits per heavy atom. The predicted octanol–water partition coefficient (Wildman–Crippen LogP) is 4.92. The molecule has 0 radical (unpaired) electrons. The number of alkyl halides is 2. The highest BCUT2D eigenvalue weighted by Crippen LogP contribution is 2.32. The summed E-state index contributed by atoms with van der Waals surface area (Å²) in [7, 11) is 0. The molecule has 4 heteroatoms. The quantitative estimate of drug-likeness (QED) is 0.687. The standard InChI is InChI=1S/C16H14Cl2F2/c17-10-16(11-18,13-5-7-14(19)8-6-13)9-12-3-1-2-4-15(12)20/h1-8H,9-11H2. The van der Waals surface area contributed by atoms with Crippen LogP contribution in [0, 0.1) is 11.6 Å². The third-order valence-electron chi connectivity index (χ3n) is 3.45. The highest BCUT2D eigenvalue weighted by atomic mass is 35.5. The van der Waals surface area contributed by atoms with E-state index in [4.69, 9.17) is 23.2 Å². The van der Waals surface area contributed by atoms with Gasteiger partial charge in [0.15, 0.2) is 0 Å². The zero-order valence-corrected chi connectivity index (χ0v) is 12.3. The second-order valence-corrected chi connectivity index (χ2v) is 5.36. The average Bonchev–Trinajstić information content (AvgIpc) is 2.48. The first-order chi connectivity index (χ1) is 9.61. The summed E-state index contributed by atoms with van der Waals surface area (Å²) in [5.41, 5.74) is 0.754. The number of benzene rings is 2. The van der Waals surface area contributed by atoms with Crippen LogP contribution in [-0.4, -0.2) is 11.8 Å². The molecule has 2 rings (SSSR count). The number of hydrogen-bond acceptors (Lipinski definition) is 0. The molecule has 0 bridgehead atoms. The van der Waals surface area contributed by atoms with Crippen LogP contribution >= 0.6 is 23.2 Å². The fourth-order valence-electron chi connectivity index (χ4n) is 2.20. The molecular formula is C16H14Cl2F2. The zero-order chi connectivity index (χ0) is 14.6. The van der Waals surface area contributed by atoms with Gasteiger partial charge in [-0.25, -0.2) is 8.78 Å². The van der Waals surface area contributed by atoms with Crippen LogP contribution in [0.15, 0.2) is 48.5 Å². The lowest BCUT2D eigenvalue weighted by Crippen LogP contribution is -2.33. The van der Waals surface area contributed by atoms with Crippen molar-refractivity contribution in [3.8, 4) is 0 Å². The Labute approximate surface area is 127 Å². The van der Waals surface area contributed by atoms with E-state index in [1.54, 1.807) is 30.3 Å². The Kier molecular flexibility index (Phi) is 5.00. The van der Waals surface area contributed by atoms with Gasteiger partial charge in [-0.3, -0.25) is 0 Å². The van der Waals surface area contributed by atoms with Gasteiger partial charge in [-0.1, -0.05) is 30.3 Å². The second-order valence-electron chi connectivity index (χ2n) is 4.82. The van der Waals surface area contributed by atoms with E-state index in [0.717, 1.165) is 5.56 Å². The van der Waals surface area contributed by atoms with Crippen molar-refractivity contribution in [2.75, 3.05) is 11.8 Å². The van der Waals surface area contributed by atoms with Crippen molar-refractivity contribution in [1.29, 1.82) is 0 Å². The summed E-state index contributed by atoms with van der Waals surface area (Å²) in [5, 5.41) is 0. The molecule has 0 aliphatic carbocycles. The molecule has 2 aromatic carbocycles. The Hall–Kier alpha value is -1.12. The van der Waals surface area contributed by atoms with Gasteiger partial charge in [0.2, 0.25) is 0 Å². The van der Waals surface area contributed by atoms with Gasteiger partial charge >= 0.3 is 0 Å². The van der Waals surface area contributed by atoms with E-state index < -0.39 is 5.41 Å². The smallest absolute Gasteiger partial charge is 0.126 e. The zero-order valence-electron chi connectivity index (χ0n) is 10.8. The lowest BCUT2D eigenvalue weighted by Gasteiger charge is -2.30. The molecule has 0 amide bonds. The minimum atomic E-state index is -0.612. The van der Waals surface area contributed by atoms with Crippen molar-refractivity contribution in [2.24, 2.45) is 0 Å². The van der Waals surface area contributed by atoms with Gasteiger partial charge in [0.25, 0.3) is 0 Å². The summed E-state index contributed by atoms with van der Waals surface area (Å²) >= 11 is 12.2. The van der Waals surface area contributed by atoms with Crippen LogP contribution in [0.2, 0.25) is 0 Å². The van der Waals surface area contributed by atoms with Crippen LogP contribution in [0.1, 0.15) is 11.1 Å². The minimum Gasteiger partial charge on any atom is -0.207 e. The normalized spacial score (nSPS) is 11.6. The van der Waals surface area contributed by atoms with Crippen LogP contribution in [0.4, 0.5) is 8.78 Å². The van der Waals surface area contributed by atoms with E-state index in [9.17, 15) is 8.78 Å². The third-order valence-corrected chi connectivity index (χ3v) is 4.48. The van der Waals surface area contributed by atoms with Crippen molar-refractivity contribution >= 4 is 23.2 Å². The van der Waals surface area contributed by atoms with Crippen LogP contribution in [-0.2, 0) is 11.8 Å². The van der Waals surface area contributed by atoms with Gasteiger partial charge in [-0.2, -0.15) is 0 Å². The Bertz CT molecular complexity index is 563. The van der Waals surface area contributed by atoms with E-state index in [2.05, 4.69) is 0 Å². The molecule has 0 heterocycles. The topological polar surface area (TPSA) is 0 Å². The largest absolute Gasteiger partial charge is 0.207 e. The van der Waals surface area contributed by atoms with Gasteiger partial charge in [0, 0.05) is 17.2 Å². The highest BCUT2D eigenvalue weighted by Gasteiger charge is 2.32. The highest BCUT2D eigenvalue weighted by molar-refractivity contribution is 6.22. The minimum absolute atomic E-state index is 0.233. The van der Waals surface area contributed by atoms with Crippen molar-refractivity contribution < 1.29 is 8.78 Å². The van der Waals surface area contributed by atoms with E-state index in [-0.39, 0.29) is 23.4 Å². The summed E-state index contributed by atoms with van der Waals surface area (Å²) in [6.45, 7) is 0. The van der Waals surface area contributed by atoms with Gasteiger partial charge in [0.05, 0.1) is 0 Å². The van der Waals surface area contributed by atoms with Gasteiger partial charge in [-0.05, 0) is 35.7 Å². The molecule has 0 saturated carbocycles. The van der Waals surface area contributed by atoms with Gasteiger partial charge in [0.1, 0.15) is 11.6 Å². The summed E-state index contributed by atoms with van der Waals surface area (Å²) in [6, 6.07) is 12.6. The molecule has 20 heavy (non-hydrogen) atoms. The maximum absolute atomic E-state index is 13.8. The third kappa shape index (κ3) is 3.13. The van der Waals surface area contributed by atoms with Gasteiger partial charge in [-0.15, -0.1) is 23.2 Å². The molecule has 0 N–H and O–H groups in total. The molecular weight excluding hydrogens is 301 g/mol. The Morgan fingerprint density at radius 3 is 2.00 bits per heavy atom. The maximum Gasteiger partial charge on any atom is 0.126 e. The Balaban J connectivity index is 2.39. The molecule has 0 nitrogen and oxygen atoms in total. The molecule has 0 aliphatic heterocycles. The van der Waals surface area contributed by atoms with Crippen LogP contribution < -0.4 is 0 Å². The van der Waals surface area contributed by atoms with Gasteiger partial charge < -0.3 is 0 Å². The molecule has 0 unspecified atom stereocenters.